The van der Waals surface area contributed by atoms with Crippen LogP contribution in [0, 0.1) is 0 Å². The maximum absolute atomic E-state index is 13.1. The molecule has 198 valence electrons. The van der Waals surface area contributed by atoms with Crippen LogP contribution < -0.4 is 0 Å². The highest BCUT2D eigenvalue weighted by molar-refractivity contribution is 8.02. The van der Waals surface area contributed by atoms with Gasteiger partial charge in [0.2, 0.25) is 0 Å². The lowest BCUT2D eigenvalue weighted by atomic mass is 10.1. The molecule has 0 heterocycles. The van der Waals surface area contributed by atoms with Crippen LogP contribution in [0.1, 0.15) is 38.0 Å². The molecule has 0 aliphatic carbocycles. The van der Waals surface area contributed by atoms with Gasteiger partial charge in [-0.15, -0.1) is 11.8 Å². The van der Waals surface area contributed by atoms with Gasteiger partial charge in [0.15, 0.2) is 18.0 Å². The molecule has 0 bridgehead atoms. The zero-order valence-corrected chi connectivity index (χ0v) is 21.5. The fraction of sp³-hybridized carbons (Fsp3) is 0.207. The lowest BCUT2D eigenvalue weighted by Gasteiger charge is -2.30. The third-order valence-electron chi connectivity index (χ3n) is 5.23. The van der Waals surface area contributed by atoms with Crippen molar-refractivity contribution < 1.29 is 38.8 Å². The molecule has 3 atom stereocenters. The van der Waals surface area contributed by atoms with Gasteiger partial charge in [-0.05, 0) is 42.2 Å². The molecule has 0 aromatic heterocycles. The van der Waals surface area contributed by atoms with Crippen molar-refractivity contribution in [3.8, 4) is 0 Å². The third-order valence-corrected chi connectivity index (χ3v) is 5.96. The summed E-state index contributed by atoms with van der Waals surface area (Å²) >= 11 is 1.24. The van der Waals surface area contributed by atoms with E-state index >= 15 is 0 Å². The first-order valence-electron chi connectivity index (χ1n) is 11.8. The van der Waals surface area contributed by atoms with Crippen molar-refractivity contribution >= 4 is 29.7 Å². The number of esters is 3. The predicted molar refractivity (Wildman–Crippen MR) is 142 cm³/mol. The van der Waals surface area contributed by atoms with Gasteiger partial charge >= 0.3 is 17.9 Å². The van der Waals surface area contributed by atoms with Crippen LogP contribution >= 0.6 is 11.8 Å². The van der Waals surface area contributed by atoms with Crippen LogP contribution in [0.5, 0.6) is 0 Å². The van der Waals surface area contributed by atoms with Crippen LogP contribution in [0.2, 0.25) is 0 Å². The second-order valence-electron chi connectivity index (χ2n) is 7.91. The van der Waals surface area contributed by atoms with E-state index in [1.165, 1.54) is 41.4 Å². The topological polar surface area (TPSA) is 119 Å². The first-order valence-corrected chi connectivity index (χ1v) is 12.9. The molecular formula is C29H28O8S. The molecule has 2 N–H and O–H groups in total. The summed E-state index contributed by atoms with van der Waals surface area (Å²) in [4.78, 5) is 39.0. The monoisotopic (exact) mass is 536 g/mol. The number of rotatable bonds is 12. The Bertz CT molecular complexity index is 1220. The van der Waals surface area contributed by atoms with E-state index in [1.54, 1.807) is 66.7 Å². The van der Waals surface area contributed by atoms with E-state index < -0.39 is 42.8 Å². The summed E-state index contributed by atoms with van der Waals surface area (Å²) in [7, 11) is 0. The summed E-state index contributed by atoms with van der Waals surface area (Å²) in [5.41, 5.74) is 0.583. The largest absolute Gasteiger partial charge is 0.451 e. The molecule has 0 saturated heterocycles. The molecular weight excluding hydrogens is 508 g/mol. The lowest BCUT2D eigenvalue weighted by Crippen LogP contribution is -2.46. The molecule has 3 rings (SSSR count). The molecule has 3 aromatic carbocycles. The Kier molecular flexibility index (Phi) is 11.1. The van der Waals surface area contributed by atoms with Crippen LogP contribution in [0.25, 0.3) is 0 Å². The van der Waals surface area contributed by atoms with Crippen molar-refractivity contribution in [3.63, 3.8) is 0 Å². The standard InChI is InChI=1S/C29H28O8S/c1-2-38-19-24(35-27(32)20-12-6-3-7-13-20)26(37-29(34)22-16-10-5-11-17-22)25(23(31)18-30)36-28(33)21-14-8-4-9-15-21/h3-17,19,23,25-26,30-31H,2,18H2,1H3/b24-19+/t23?,25-,26?/m1/s1. The molecule has 0 saturated carbocycles. The first-order chi connectivity index (χ1) is 18.4. The van der Waals surface area contributed by atoms with Crippen molar-refractivity contribution in [3.05, 3.63) is 119 Å². The van der Waals surface area contributed by atoms with Crippen LogP contribution in [-0.2, 0) is 14.2 Å². The van der Waals surface area contributed by atoms with Crippen LogP contribution in [0.4, 0.5) is 0 Å². The fourth-order valence-corrected chi connectivity index (χ4v) is 3.82. The Labute approximate surface area is 224 Å². The van der Waals surface area contributed by atoms with Gasteiger partial charge in [0, 0.05) is 5.41 Å². The molecule has 2 unspecified atom stereocenters. The summed E-state index contributed by atoms with van der Waals surface area (Å²) < 4.78 is 16.9. The van der Waals surface area contributed by atoms with Crippen LogP contribution in [0.3, 0.4) is 0 Å². The number of hydrogen-bond donors (Lipinski definition) is 2. The van der Waals surface area contributed by atoms with Gasteiger partial charge < -0.3 is 24.4 Å². The SMILES string of the molecule is CCS/C=C(/OC(=O)c1ccccc1)C(OC(=O)c1ccccc1)[C@H](OC(=O)c1ccccc1)C(O)CO. The lowest BCUT2D eigenvalue weighted by molar-refractivity contribution is -0.0924. The number of aliphatic hydroxyl groups is 2. The van der Waals surface area contributed by atoms with Crippen molar-refractivity contribution in [1.29, 1.82) is 0 Å². The zero-order chi connectivity index (χ0) is 27.3. The Hall–Kier alpha value is -3.92. The molecule has 0 fully saturated rings. The van der Waals surface area contributed by atoms with E-state index in [1.807, 2.05) is 6.92 Å². The van der Waals surface area contributed by atoms with E-state index in [2.05, 4.69) is 0 Å². The highest BCUT2D eigenvalue weighted by atomic mass is 32.2. The normalized spacial score (nSPS) is 13.6. The minimum absolute atomic E-state index is 0.172. The smallest absolute Gasteiger partial charge is 0.343 e. The molecule has 9 heteroatoms. The second-order valence-corrected chi connectivity index (χ2v) is 9.06. The van der Waals surface area contributed by atoms with E-state index in [0.717, 1.165) is 0 Å². The number of benzene rings is 3. The van der Waals surface area contributed by atoms with Gasteiger partial charge in [-0.25, -0.2) is 14.4 Å². The zero-order valence-electron chi connectivity index (χ0n) is 20.6. The average molecular weight is 537 g/mol. The predicted octanol–water partition coefficient (Wildman–Crippen LogP) is 4.24. The second kappa shape index (κ2) is 14.7. The fourth-order valence-electron chi connectivity index (χ4n) is 3.31. The third kappa shape index (κ3) is 8.04. The van der Waals surface area contributed by atoms with Crippen LogP contribution in [0.15, 0.2) is 102 Å². The van der Waals surface area contributed by atoms with Gasteiger partial charge in [-0.1, -0.05) is 61.5 Å². The average Bonchev–Trinajstić information content (AvgIpc) is 2.97. The molecule has 38 heavy (non-hydrogen) atoms. The van der Waals surface area contributed by atoms with Crippen molar-refractivity contribution in [2.45, 2.75) is 25.2 Å². The number of ether oxygens (including phenoxy) is 3. The van der Waals surface area contributed by atoms with Crippen molar-refractivity contribution in [1.82, 2.24) is 0 Å². The first kappa shape index (κ1) is 28.6. The maximum atomic E-state index is 13.1. The number of aliphatic hydroxyl groups excluding tert-OH is 2. The van der Waals surface area contributed by atoms with Crippen LogP contribution in [-0.4, -0.2) is 58.8 Å². The number of carbonyl (C=O) groups excluding carboxylic acids is 3. The van der Waals surface area contributed by atoms with E-state index in [4.69, 9.17) is 14.2 Å². The highest BCUT2D eigenvalue weighted by Crippen LogP contribution is 2.25. The van der Waals surface area contributed by atoms with Gasteiger partial charge in [-0.2, -0.15) is 0 Å². The molecule has 0 spiro atoms. The summed E-state index contributed by atoms with van der Waals surface area (Å²) in [6, 6.07) is 24.2. The Morgan fingerprint density at radius 2 is 1.21 bits per heavy atom. The van der Waals surface area contributed by atoms with E-state index in [-0.39, 0.29) is 22.4 Å². The number of hydrogen-bond acceptors (Lipinski definition) is 9. The molecule has 3 aromatic rings. The summed E-state index contributed by atoms with van der Waals surface area (Å²) in [6.45, 7) is 1.03. The number of thioether (sulfide) groups is 1. The Morgan fingerprint density at radius 3 is 1.66 bits per heavy atom. The molecule has 0 aliphatic heterocycles. The quantitative estimate of drug-likeness (QED) is 0.199. The van der Waals surface area contributed by atoms with E-state index in [0.29, 0.717) is 5.75 Å². The number of carbonyl (C=O) groups is 3. The van der Waals surface area contributed by atoms with Gasteiger partial charge in [-0.3, -0.25) is 0 Å². The summed E-state index contributed by atoms with van der Waals surface area (Å²) in [5.74, 6) is -2.00. The molecule has 8 nitrogen and oxygen atoms in total. The minimum Gasteiger partial charge on any atom is -0.451 e. The van der Waals surface area contributed by atoms with Gasteiger partial charge in [0.05, 0.1) is 23.3 Å². The van der Waals surface area contributed by atoms with Gasteiger partial charge in [0.1, 0.15) is 6.10 Å². The van der Waals surface area contributed by atoms with E-state index in [9.17, 15) is 24.6 Å². The Morgan fingerprint density at radius 1 is 0.763 bits per heavy atom. The molecule has 0 amide bonds. The maximum Gasteiger partial charge on any atom is 0.343 e. The van der Waals surface area contributed by atoms with Crippen molar-refractivity contribution in [2.24, 2.45) is 0 Å². The Balaban J connectivity index is 2.02. The summed E-state index contributed by atoms with van der Waals surface area (Å²) in [6.07, 6.45) is -4.88. The molecule has 0 radical (unpaired) electrons. The van der Waals surface area contributed by atoms with Crippen molar-refractivity contribution in [2.75, 3.05) is 12.4 Å². The minimum atomic E-state index is -1.68. The molecule has 0 aliphatic rings. The van der Waals surface area contributed by atoms with Gasteiger partial charge in [0.25, 0.3) is 0 Å². The highest BCUT2D eigenvalue weighted by Gasteiger charge is 2.40. The summed E-state index contributed by atoms with van der Waals surface area (Å²) in [5, 5.41) is 21.9.